The number of benzene rings is 1. The molecular formula is C16H21FN2S. The first-order valence-electron chi connectivity index (χ1n) is 6.98. The van der Waals surface area contributed by atoms with Gasteiger partial charge in [0.05, 0.1) is 5.51 Å². The molecule has 2 aromatic rings. The van der Waals surface area contributed by atoms with Gasteiger partial charge in [-0.05, 0) is 36.6 Å². The normalized spacial score (nSPS) is 12.8. The molecule has 0 radical (unpaired) electrons. The summed E-state index contributed by atoms with van der Waals surface area (Å²) in [6, 6.07) is 6.93. The SMILES string of the molecule is CC(C)CNCC(Cc1cncs1)c1cccc(F)c1. The number of nitrogens with zero attached hydrogens (tertiary/aromatic N) is 1. The Morgan fingerprint density at radius 2 is 2.15 bits per heavy atom. The van der Waals surface area contributed by atoms with Gasteiger partial charge in [-0.15, -0.1) is 11.3 Å². The molecule has 1 unspecified atom stereocenters. The Balaban J connectivity index is 2.06. The molecule has 2 rings (SSSR count). The summed E-state index contributed by atoms with van der Waals surface area (Å²) in [5, 5.41) is 3.48. The molecule has 0 aliphatic carbocycles. The van der Waals surface area contributed by atoms with Crippen LogP contribution in [-0.2, 0) is 6.42 Å². The summed E-state index contributed by atoms with van der Waals surface area (Å²) >= 11 is 1.66. The van der Waals surface area contributed by atoms with Gasteiger partial charge < -0.3 is 5.32 Å². The van der Waals surface area contributed by atoms with Crippen molar-refractivity contribution in [3.63, 3.8) is 0 Å². The predicted octanol–water partition coefficient (Wildman–Crippen LogP) is 3.85. The van der Waals surface area contributed by atoms with Crippen molar-refractivity contribution in [2.45, 2.75) is 26.2 Å². The van der Waals surface area contributed by atoms with E-state index in [0.29, 0.717) is 5.92 Å². The summed E-state index contributed by atoms with van der Waals surface area (Å²) in [6.07, 6.45) is 2.80. The average Bonchev–Trinajstić information content (AvgIpc) is 2.90. The van der Waals surface area contributed by atoms with E-state index >= 15 is 0 Å². The third kappa shape index (κ3) is 4.69. The Morgan fingerprint density at radius 1 is 1.30 bits per heavy atom. The summed E-state index contributed by atoms with van der Waals surface area (Å²) in [5.74, 6) is 0.733. The smallest absolute Gasteiger partial charge is 0.123 e. The number of halogens is 1. The first kappa shape index (κ1) is 15.1. The number of hydrogen-bond acceptors (Lipinski definition) is 3. The molecule has 0 spiro atoms. The van der Waals surface area contributed by atoms with Crippen LogP contribution in [0.25, 0.3) is 0 Å². The third-order valence-corrected chi connectivity index (χ3v) is 4.00. The van der Waals surface area contributed by atoms with Crippen LogP contribution in [-0.4, -0.2) is 18.1 Å². The molecule has 1 aromatic heterocycles. The molecule has 1 N–H and O–H groups in total. The zero-order valence-electron chi connectivity index (χ0n) is 12.0. The molecule has 0 saturated carbocycles. The summed E-state index contributed by atoms with van der Waals surface area (Å²) < 4.78 is 13.4. The minimum Gasteiger partial charge on any atom is -0.316 e. The Kier molecular flexibility index (Phi) is 5.68. The Morgan fingerprint density at radius 3 is 2.80 bits per heavy atom. The van der Waals surface area contributed by atoms with Crippen LogP contribution >= 0.6 is 11.3 Å². The minimum absolute atomic E-state index is 0.166. The van der Waals surface area contributed by atoms with Gasteiger partial charge in [-0.25, -0.2) is 4.39 Å². The first-order valence-corrected chi connectivity index (χ1v) is 7.86. The summed E-state index contributed by atoms with van der Waals surface area (Å²) in [4.78, 5) is 5.36. The van der Waals surface area contributed by atoms with Gasteiger partial charge in [0, 0.05) is 23.5 Å². The molecule has 1 heterocycles. The van der Waals surface area contributed by atoms with Crippen LogP contribution in [0.15, 0.2) is 36.0 Å². The van der Waals surface area contributed by atoms with Gasteiger partial charge in [-0.3, -0.25) is 4.98 Å². The maximum atomic E-state index is 13.4. The van der Waals surface area contributed by atoms with Gasteiger partial charge >= 0.3 is 0 Å². The highest BCUT2D eigenvalue weighted by Gasteiger charge is 2.14. The Bertz CT molecular complexity index is 511. The van der Waals surface area contributed by atoms with E-state index in [9.17, 15) is 4.39 Å². The van der Waals surface area contributed by atoms with Crippen molar-refractivity contribution in [2.24, 2.45) is 5.92 Å². The third-order valence-electron chi connectivity index (χ3n) is 3.19. The first-order chi connectivity index (χ1) is 9.65. The van der Waals surface area contributed by atoms with Crippen molar-refractivity contribution in [1.29, 1.82) is 0 Å². The molecule has 1 atom stereocenters. The zero-order chi connectivity index (χ0) is 14.4. The second-order valence-electron chi connectivity index (χ2n) is 5.48. The topological polar surface area (TPSA) is 24.9 Å². The molecule has 1 aromatic carbocycles. The number of rotatable bonds is 7. The van der Waals surface area contributed by atoms with E-state index in [1.54, 1.807) is 23.5 Å². The van der Waals surface area contributed by atoms with E-state index in [0.717, 1.165) is 25.1 Å². The van der Waals surface area contributed by atoms with Crippen molar-refractivity contribution < 1.29 is 4.39 Å². The van der Waals surface area contributed by atoms with E-state index in [4.69, 9.17) is 0 Å². The highest BCUT2D eigenvalue weighted by Crippen LogP contribution is 2.23. The molecule has 2 nitrogen and oxygen atoms in total. The fourth-order valence-corrected chi connectivity index (χ4v) is 2.88. The van der Waals surface area contributed by atoms with Gasteiger partial charge in [0.2, 0.25) is 0 Å². The summed E-state index contributed by atoms with van der Waals surface area (Å²) in [6.45, 7) is 6.22. The molecule has 0 fully saturated rings. The maximum absolute atomic E-state index is 13.4. The molecule has 0 aliphatic heterocycles. The standard InChI is InChI=1S/C16H21FN2S/c1-12(2)8-18-9-14(7-16-10-19-11-20-16)13-4-3-5-15(17)6-13/h3-6,10-12,14,18H,7-9H2,1-2H3. The van der Waals surface area contributed by atoms with E-state index in [-0.39, 0.29) is 11.7 Å². The quantitative estimate of drug-likeness (QED) is 0.838. The minimum atomic E-state index is -0.166. The van der Waals surface area contributed by atoms with Crippen molar-refractivity contribution in [3.05, 3.63) is 52.2 Å². The largest absolute Gasteiger partial charge is 0.316 e. The number of thiazole rings is 1. The molecule has 0 amide bonds. The number of aromatic nitrogens is 1. The van der Waals surface area contributed by atoms with E-state index < -0.39 is 0 Å². The lowest BCUT2D eigenvalue weighted by Gasteiger charge is -2.18. The van der Waals surface area contributed by atoms with Crippen LogP contribution in [0, 0.1) is 11.7 Å². The Hall–Kier alpha value is -1.26. The molecule has 0 saturated heterocycles. The van der Waals surface area contributed by atoms with Crippen molar-refractivity contribution in [3.8, 4) is 0 Å². The van der Waals surface area contributed by atoms with Crippen LogP contribution in [0.4, 0.5) is 4.39 Å². The lowest BCUT2D eigenvalue weighted by atomic mass is 9.95. The summed E-state index contributed by atoms with van der Waals surface area (Å²) in [5.41, 5.74) is 2.90. The highest BCUT2D eigenvalue weighted by atomic mass is 32.1. The fraction of sp³-hybridized carbons (Fsp3) is 0.438. The van der Waals surface area contributed by atoms with Gasteiger partial charge in [0.1, 0.15) is 5.82 Å². The van der Waals surface area contributed by atoms with Crippen molar-refractivity contribution in [1.82, 2.24) is 10.3 Å². The molecule has 20 heavy (non-hydrogen) atoms. The lowest BCUT2D eigenvalue weighted by Crippen LogP contribution is -2.26. The number of nitrogens with one attached hydrogen (secondary N) is 1. The molecule has 108 valence electrons. The van der Waals surface area contributed by atoms with Gasteiger partial charge in [0.15, 0.2) is 0 Å². The molecular weight excluding hydrogens is 271 g/mol. The zero-order valence-corrected chi connectivity index (χ0v) is 12.8. The average molecular weight is 292 g/mol. The number of hydrogen-bond donors (Lipinski definition) is 1. The fourth-order valence-electron chi connectivity index (χ4n) is 2.20. The predicted molar refractivity (Wildman–Crippen MR) is 82.7 cm³/mol. The van der Waals surface area contributed by atoms with Gasteiger partial charge in [-0.1, -0.05) is 26.0 Å². The van der Waals surface area contributed by atoms with E-state index in [1.165, 1.54) is 10.9 Å². The van der Waals surface area contributed by atoms with Gasteiger partial charge in [0.25, 0.3) is 0 Å². The lowest BCUT2D eigenvalue weighted by molar-refractivity contribution is 0.513. The monoisotopic (exact) mass is 292 g/mol. The van der Waals surface area contributed by atoms with E-state index in [2.05, 4.69) is 24.1 Å². The molecule has 0 bridgehead atoms. The molecule has 0 aliphatic rings. The van der Waals surface area contributed by atoms with Crippen LogP contribution in [0.5, 0.6) is 0 Å². The maximum Gasteiger partial charge on any atom is 0.123 e. The van der Waals surface area contributed by atoms with Crippen molar-refractivity contribution in [2.75, 3.05) is 13.1 Å². The second kappa shape index (κ2) is 7.50. The van der Waals surface area contributed by atoms with Crippen LogP contribution in [0.2, 0.25) is 0 Å². The van der Waals surface area contributed by atoms with Crippen molar-refractivity contribution >= 4 is 11.3 Å². The second-order valence-corrected chi connectivity index (χ2v) is 6.45. The van der Waals surface area contributed by atoms with Crippen LogP contribution < -0.4 is 5.32 Å². The molecule has 4 heteroatoms. The Labute approximate surface area is 124 Å². The highest BCUT2D eigenvalue weighted by molar-refractivity contribution is 7.09. The van der Waals surface area contributed by atoms with Crippen LogP contribution in [0.1, 0.15) is 30.2 Å². The van der Waals surface area contributed by atoms with E-state index in [1.807, 2.05) is 17.8 Å². The summed E-state index contributed by atoms with van der Waals surface area (Å²) in [7, 11) is 0. The van der Waals surface area contributed by atoms with Gasteiger partial charge in [-0.2, -0.15) is 0 Å². The van der Waals surface area contributed by atoms with Crippen LogP contribution in [0.3, 0.4) is 0 Å².